The van der Waals surface area contributed by atoms with Crippen molar-refractivity contribution < 1.29 is 14.3 Å². The number of ether oxygens (including phenoxy) is 2. The minimum atomic E-state index is -0.254. The highest BCUT2D eigenvalue weighted by Crippen LogP contribution is 2.17. The van der Waals surface area contributed by atoms with E-state index in [0.717, 1.165) is 11.1 Å². The molecule has 0 radical (unpaired) electrons. The summed E-state index contributed by atoms with van der Waals surface area (Å²) < 4.78 is 12.8. The number of aromatic nitrogens is 2. The summed E-state index contributed by atoms with van der Waals surface area (Å²) in [5.41, 5.74) is 3.69. The van der Waals surface area contributed by atoms with Gasteiger partial charge in [-0.05, 0) is 61.9 Å². The van der Waals surface area contributed by atoms with Gasteiger partial charge in [0.1, 0.15) is 23.8 Å². The minimum Gasteiger partial charge on any atom is -0.487 e. The van der Waals surface area contributed by atoms with Crippen molar-refractivity contribution in [3.8, 4) is 11.5 Å². The Bertz CT molecular complexity index is 1300. The Morgan fingerprint density at radius 3 is 2.41 bits per heavy atom. The Labute approximate surface area is 185 Å². The Balaban J connectivity index is 1.32. The number of fused-ring (bicyclic) bond motifs is 1. The molecular weight excluding hydrogens is 406 g/mol. The van der Waals surface area contributed by atoms with Crippen LogP contribution in [0.3, 0.4) is 0 Å². The molecule has 0 unspecified atom stereocenters. The molecular formula is C25H23N3O4. The molecule has 1 amide bonds. The number of anilines is 1. The van der Waals surface area contributed by atoms with Crippen molar-refractivity contribution in [2.75, 3.05) is 11.9 Å². The van der Waals surface area contributed by atoms with Gasteiger partial charge in [0, 0.05) is 18.0 Å². The van der Waals surface area contributed by atoms with Crippen LogP contribution in [0.4, 0.5) is 5.69 Å². The Morgan fingerprint density at radius 2 is 1.66 bits per heavy atom. The maximum absolute atomic E-state index is 12.3. The van der Waals surface area contributed by atoms with Crippen LogP contribution in [-0.4, -0.2) is 21.9 Å². The van der Waals surface area contributed by atoms with Gasteiger partial charge in [0.05, 0.1) is 5.69 Å². The molecule has 4 rings (SSSR count). The van der Waals surface area contributed by atoms with Crippen molar-refractivity contribution in [2.24, 2.45) is 0 Å². The van der Waals surface area contributed by atoms with Gasteiger partial charge in [-0.2, -0.15) is 0 Å². The van der Waals surface area contributed by atoms with E-state index < -0.39 is 0 Å². The summed E-state index contributed by atoms with van der Waals surface area (Å²) in [5, 5.41) is 2.78. The molecule has 0 aliphatic carbocycles. The number of nitrogens with one attached hydrogen (secondary N) is 1. The van der Waals surface area contributed by atoms with Gasteiger partial charge < -0.3 is 14.8 Å². The summed E-state index contributed by atoms with van der Waals surface area (Å²) >= 11 is 0. The first-order chi connectivity index (χ1) is 15.5. The predicted octanol–water partition coefficient (Wildman–Crippen LogP) is 3.91. The summed E-state index contributed by atoms with van der Waals surface area (Å²) in [5.74, 6) is 0.993. The number of hydrogen-bond donors (Lipinski definition) is 1. The lowest BCUT2D eigenvalue weighted by Gasteiger charge is -2.10. The molecule has 0 bridgehead atoms. The molecule has 1 N–H and O–H groups in total. The molecule has 32 heavy (non-hydrogen) atoms. The average molecular weight is 429 g/mol. The van der Waals surface area contributed by atoms with Crippen LogP contribution in [0.1, 0.15) is 16.8 Å². The standard InChI is InChI=1S/C25H23N3O4/c1-17-5-9-21(10-6-17)32-16-23(29)26-19-7-11-22(12-8-19)31-15-20-14-24(30)28-13-3-4-18(2)25(28)27-20/h3-14H,15-16H2,1-2H3,(H,26,29). The lowest BCUT2D eigenvalue weighted by molar-refractivity contribution is -0.118. The molecule has 2 heterocycles. The summed E-state index contributed by atoms with van der Waals surface area (Å²) in [7, 11) is 0. The molecule has 0 aliphatic rings. The van der Waals surface area contributed by atoms with Crippen LogP contribution in [0.5, 0.6) is 11.5 Å². The first-order valence-corrected chi connectivity index (χ1v) is 10.2. The Morgan fingerprint density at radius 1 is 0.969 bits per heavy atom. The van der Waals surface area contributed by atoms with Crippen molar-refractivity contribution in [2.45, 2.75) is 20.5 Å². The first-order valence-electron chi connectivity index (χ1n) is 10.2. The molecule has 4 aromatic rings. The number of carbonyl (C=O) groups excluding carboxylic acids is 1. The van der Waals surface area contributed by atoms with E-state index >= 15 is 0 Å². The van der Waals surface area contributed by atoms with Crippen LogP contribution in [-0.2, 0) is 11.4 Å². The van der Waals surface area contributed by atoms with Gasteiger partial charge in [-0.25, -0.2) is 4.98 Å². The highest BCUT2D eigenvalue weighted by molar-refractivity contribution is 5.91. The van der Waals surface area contributed by atoms with Crippen molar-refractivity contribution in [3.05, 3.63) is 100 Å². The quantitative estimate of drug-likeness (QED) is 0.482. The zero-order valence-electron chi connectivity index (χ0n) is 17.9. The third-order valence-corrected chi connectivity index (χ3v) is 4.85. The lowest BCUT2D eigenvalue weighted by Crippen LogP contribution is -2.20. The summed E-state index contributed by atoms with van der Waals surface area (Å²) in [6.45, 7) is 3.98. The van der Waals surface area contributed by atoms with Crippen LogP contribution in [0.2, 0.25) is 0 Å². The van der Waals surface area contributed by atoms with Crippen LogP contribution < -0.4 is 20.3 Å². The van der Waals surface area contributed by atoms with E-state index in [0.29, 0.717) is 28.5 Å². The molecule has 0 fully saturated rings. The van der Waals surface area contributed by atoms with Gasteiger partial charge in [-0.3, -0.25) is 14.0 Å². The van der Waals surface area contributed by atoms with Crippen molar-refractivity contribution in [3.63, 3.8) is 0 Å². The minimum absolute atomic E-state index is 0.0795. The van der Waals surface area contributed by atoms with Gasteiger partial charge in [0.2, 0.25) is 0 Å². The molecule has 0 saturated heterocycles. The van der Waals surface area contributed by atoms with E-state index in [1.165, 1.54) is 10.5 Å². The van der Waals surface area contributed by atoms with Crippen LogP contribution in [0.25, 0.3) is 5.65 Å². The van der Waals surface area contributed by atoms with E-state index in [9.17, 15) is 9.59 Å². The number of rotatable bonds is 7. The number of nitrogens with zero attached hydrogens (tertiary/aromatic N) is 2. The fourth-order valence-electron chi connectivity index (χ4n) is 3.15. The first kappa shape index (κ1) is 21.1. The van der Waals surface area contributed by atoms with E-state index in [4.69, 9.17) is 9.47 Å². The summed E-state index contributed by atoms with van der Waals surface area (Å²) in [6, 6.07) is 19.7. The number of carbonyl (C=O) groups is 1. The van der Waals surface area contributed by atoms with E-state index in [1.807, 2.05) is 50.2 Å². The molecule has 0 atom stereocenters. The van der Waals surface area contributed by atoms with Crippen LogP contribution in [0, 0.1) is 13.8 Å². The second-order valence-corrected chi connectivity index (χ2v) is 7.43. The van der Waals surface area contributed by atoms with E-state index in [1.54, 1.807) is 30.5 Å². The van der Waals surface area contributed by atoms with Gasteiger partial charge in [-0.1, -0.05) is 23.8 Å². The third-order valence-electron chi connectivity index (χ3n) is 4.85. The Kier molecular flexibility index (Phi) is 6.17. The molecule has 0 aliphatic heterocycles. The lowest BCUT2D eigenvalue weighted by atomic mass is 10.2. The average Bonchev–Trinajstić information content (AvgIpc) is 2.79. The maximum atomic E-state index is 12.3. The summed E-state index contributed by atoms with van der Waals surface area (Å²) in [6.07, 6.45) is 1.70. The zero-order valence-corrected chi connectivity index (χ0v) is 17.9. The number of aryl methyl sites for hydroxylation is 2. The molecule has 7 nitrogen and oxygen atoms in total. The molecule has 162 valence electrons. The molecule has 2 aromatic heterocycles. The number of benzene rings is 2. The van der Waals surface area contributed by atoms with Gasteiger partial charge in [-0.15, -0.1) is 0 Å². The van der Waals surface area contributed by atoms with Crippen molar-refractivity contribution in [1.82, 2.24) is 9.38 Å². The monoisotopic (exact) mass is 429 g/mol. The number of amides is 1. The smallest absolute Gasteiger partial charge is 0.262 e. The highest BCUT2D eigenvalue weighted by Gasteiger charge is 2.07. The van der Waals surface area contributed by atoms with Crippen molar-refractivity contribution in [1.29, 1.82) is 0 Å². The summed E-state index contributed by atoms with van der Waals surface area (Å²) in [4.78, 5) is 28.9. The van der Waals surface area contributed by atoms with Gasteiger partial charge in [0.25, 0.3) is 11.5 Å². The van der Waals surface area contributed by atoms with E-state index in [-0.39, 0.29) is 24.7 Å². The largest absolute Gasteiger partial charge is 0.487 e. The van der Waals surface area contributed by atoms with Crippen LogP contribution >= 0.6 is 0 Å². The fourth-order valence-corrected chi connectivity index (χ4v) is 3.15. The fraction of sp³-hybridized carbons (Fsp3) is 0.160. The molecule has 0 spiro atoms. The second-order valence-electron chi connectivity index (χ2n) is 7.43. The number of pyridine rings is 1. The zero-order chi connectivity index (χ0) is 22.5. The molecule has 7 heteroatoms. The topological polar surface area (TPSA) is 81.9 Å². The normalized spacial score (nSPS) is 10.7. The van der Waals surface area contributed by atoms with Crippen LogP contribution in [0.15, 0.2) is 77.7 Å². The van der Waals surface area contributed by atoms with Gasteiger partial charge >= 0.3 is 0 Å². The van der Waals surface area contributed by atoms with E-state index in [2.05, 4.69) is 10.3 Å². The number of hydrogen-bond acceptors (Lipinski definition) is 5. The maximum Gasteiger partial charge on any atom is 0.262 e. The SMILES string of the molecule is Cc1ccc(OCC(=O)Nc2ccc(OCc3cc(=O)n4cccc(C)c4n3)cc2)cc1. The van der Waals surface area contributed by atoms with Gasteiger partial charge in [0.15, 0.2) is 6.61 Å². The Hall–Kier alpha value is -4.13. The highest BCUT2D eigenvalue weighted by atomic mass is 16.5. The molecule has 2 aromatic carbocycles. The third kappa shape index (κ3) is 5.13. The van der Waals surface area contributed by atoms with Crippen molar-refractivity contribution >= 4 is 17.2 Å². The molecule has 0 saturated carbocycles. The second kappa shape index (κ2) is 9.34. The predicted molar refractivity (Wildman–Crippen MR) is 122 cm³/mol.